The van der Waals surface area contributed by atoms with Gasteiger partial charge in [-0.05, 0) is 47.5 Å². The largest absolute Gasteiger partial charge is 0.497 e. The summed E-state index contributed by atoms with van der Waals surface area (Å²) >= 11 is 11.5. The molecule has 0 fully saturated rings. The summed E-state index contributed by atoms with van der Waals surface area (Å²) in [6, 6.07) is 23.3. The average molecular weight is 398 g/mol. The maximum Gasteiger partial charge on any atom is 0.129 e. The summed E-state index contributed by atoms with van der Waals surface area (Å²) in [7, 11) is 1.66. The van der Waals surface area contributed by atoms with Gasteiger partial charge in [-0.2, -0.15) is 0 Å². The van der Waals surface area contributed by atoms with E-state index >= 15 is 0 Å². The van der Waals surface area contributed by atoms with E-state index in [9.17, 15) is 0 Å². The van der Waals surface area contributed by atoms with Crippen LogP contribution in [0.25, 0.3) is 0 Å². The van der Waals surface area contributed by atoms with Gasteiger partial charge in [0.05, 0.1) is 12.7 Å². The topological polar surface area (TPSA) is 30.5 Å². The normalized spacial score (nSPS) is 10.3. The van der Waals surface area contributed by atoms with Crippen molar-refractivity contribution in [3.05, 3.63) is 94.5 Å². The maximum atomic E-state index is 5.98. The SMILES string of the molecule is COc1cccc(CNC(=S)c2ccccc2OCc2ccc(Cl)cc2)c1. The zero-order chi connectivity index (χ0) is 19.1. The number of methoxy groups -OCH3 is 1. The van der Waals surface area contributed by atoms with Gasteiger partial charge in [-0.3, -0.25) is 0 Å². The lowest BCUT2D eigenvalue weighted by Gasteiger charge is -2.14. The molecule has 3 aromatic carbocycles. The third-order valence-electron chi connectivity index (χ3n) is 4.03. The van der Waals surface area contributed by atoms with Crippen molar-refractivity contribution in [1.29, 1.82) is 0 Å². The number of thiocarbonyl (C=S) groups is 1. The van der Waals surface area contributed by atoms with Gasteiger partial charge in [0, 0.05) is 11.6 Å². The second-order valence-corrected chi connectivity index (χ2v) is 6.79. The quantitative estimate of drug-likeness (QED) is 0.541. The van der Waals surface area contributed by atoms with Crippen molar-refractivity contribution in [2.24, 2.45) is 0 Å². The Hall–Kier alpha value is -2.56. The first-order chi connectivity index (χ1) is 13.2. The first-order valence-electron chi connectivity index (χ1n) is 8.53. The van der Waals surface area contributed by atoms with Gasteiger partial charge in [-0.25, -0.2) is 0 Å². The second-order valence-electron chi connectivity index (χ2n) is 5.95. The first kappa shape index (κ1) is 19.2. The van der Waals surface area contributed by atoms with Crippen LogP contribution in [0.5, 0.6) is 11.5 Å². The Bertz CT molecular complexity index is 912. The molecule has 3 aromatic rings. The molecule has 0 aromatic heterocycles. The smallest absolute Gasteiger partial charge is 0.129 e. The van der Waals surface area contributed by atoms with Crippen LogP contribution in [0.1, 0.15) is 16.7 Å². The number of halogens is 1. The van der Waals surface area contributed by atoms with Gasteiger partial charge in [-0.15, -0.1) is 0 Å². The van der Waals surface area contributed by atoms with Crippen LogP contribution in [0.15, 0.2) is 72.8 Å². The highest BCUT2D eigenvalue weighted by molar-refractivity contribution is 7.80. The molecule has 0 heterocycles. The Morgan fingerprint density at radius 2 is 1.74 bits per heavy atom. The monoisotopic (exact) mass is 397 g/mol. The van der Waals surface area contributed by atoms with Gasteiger partial charge in [0.15, 0.2) is 0 Å². The molecular formula is C22H20ClNO2S. The minimum atomic E-state index is 0.451. The molecule has 0 saturated carbocycles. The summed E-state index contributed by atoms with van der Waals surface area (Å²) in [5.41, 5.74) is 3.00. The van der Waals surface area contributed by atoms with Gasteiger partial charge in [0.2, 0.25) is 0 Å². The van der Waals surface area contributed by atoms with E-state index in [2.05, 4.69) is 5.32 Å². The third kappa shape index (κ3) is 5.46. The highest BCUT2D eigenvalue weighted by atomic mass is 35.5. The molecule has 0 unspecified atom stereocenters. The Kier molecular flexibility index (Phi) is 6.69. The standard InChI is InChI=1S/C22H20ClNO2S/c1-25-19-6-4-5-17(13-19)14-24-22(27)20-7-2-3-8-21(20)26-15-16-9-11-18(23)12-10-16/h2-13H,14-15H2,1H3,(H,24,27). The fourth-order valence-electron chi connectivity index (χ4n) is 2.58. The molecule has 138 valence electrons. The highest BCUT2D eigenvalue weighted by Gasteiger charge is 2.09. The molecule has 0 radical (unpaired) electrons. The Morgan fingerprint density at radius 1 is 0.963 bits per heavy atom. The molecule has 0 atom stereocenters. The van der Waals surface area contributed by atoms with E-state index in [-0.39, 0.29) is 0 Å². The van der Waals surface area contributed by atoms with E-state index in [4.69, 9.17) is 33.3 Å². The molecule has 0 bridgehead atoms. The Morgan fingerprint density at radius 3 is 2.52 bits per heavy atom. The molecule has 0 amide bonds. The molecule has 1 N–H and O–H groups in total. The molecule has 3 rings (SSSR count). The summed E-state index contributed by atoms with van der Waals surface area (Å²) in [6.45, 7) is 1.06. The molecule has 3 nitrogen and oxygen atoms in total. The number of nitrogens with one attached hydrogen (secondary N) is 1. The zero-order valence-corrected chi connectivity index (χ0v) is 16.5. The van der Waals surface area contributed by atoms with Crippen LogP contribution < -0.4 is 14.8 Å². The highest BCUT2D eigenvalue weighted by Crippen LogP contribution is 2.21. The molecular weight excluding hydrogens is 378 g/mol. The fraction of sp³-hybridized carbons (Fsp3) is 0.136. The molecule has 0 aliphatic heterocycles. The molecule has 0 aliphatic carbocycles. The molecule has 5 heteroatoms. The van der Waals surface area contributed by atoms with Gasteiger partial charge in [0.1, 0.15) is 23.1 Å². The summed E-state index contributed by atoms with van der Waals surface area (Å²) in [5, 5.41) is 4.00. The Balaban J connectivity index is 1.65. The minimum absolute atomic E-state index is 0.451. The van der Waals surface area contributed by atoms with Gasteiger partial charge in [0.25, 0.3) is 0 Å². The number of ether oxygens (including phenoxy) is 2. The van der Waals surface area contributed by atoms with Crippen LogP contribution in [0.2, 0.25) is 5.02 Å². The molecule has 0 spiro atoms. The van der Waals surface area contributed by atoms with E-state index in [0.29, 0.717) is 23.2 Å². The predicted octanol–water partition coefficient (Wildman–Crippen LogP) is 5.39. The number of benzene rings is 3. The summed E-state index contributed by atoms with van der Waals surface area (Å²) in [5.74, 6) is 1.57. The van der Waals surface area contributed by atoms with Crippen molar-refractivity contribution in [2.75, 3.05) is 7.11 Å². The van der Waals surface area contributed by atoms with Crippen molar-refractivity contribution in [3.8, 4) is 11.5 Å². The van der Waals surface area contributed by atoms with Crippen molar-refractivity contribution >= 4 is 28.8 Å². The van der Waals surface area contributed by atoms with Crippen LogP contribution in [0.4, 0.5) is 0 Å². The fourth-order valence-corrected chi connectivity index (χ4v) is 2.95. The number of hydrogen-bond donors (Lipinski definition) is 1. The van der Waals surface area contributed by atoms with Gasteiger partial charge < -0.3 is 14.8 Å². The maximum absolute atomic E-state index is 5.98. The van der Waals surface area contributed by atoms with E-state index in [0.717, 1.165) is 28.2 Å². The van der Waals surface area contributed by atoms with Crippen molar-refractivity contribution in [2.45, 2.75) is 13.2 Å². The number of hydrogen-bond acceptors (Lipinski definition) is 3. The van der Waals surface area contributed by atoms with Crippen LogP contribution in [-0.4, -0.2) is 12.1 Å². The number of para-hydroxylation sites is 1. The lowest BCUT2D eigenvalue weighted by Crippen LogP contribution is -2.22. The summed E-state index contributed by atoms with van der Waals surface area (Å²) < 4.78 is 11.2. The molecule has 0 saturated heterocycles. The lowest BCUT2D eigenvalue weighted by atomic mass is 10.1. The average Bonchev–Trinajstić information content (AvgIpc) is 2.72. The van der Waals surface area contributed by atoms with Crippen molar-refractivity contribution in [3.63, 3.8) is 0 Å². The van der Waals surface area contributed by atoms with Gasteiger partial charge in [-0.1, -0.05) is 60.2 Å². The summed E-state index contributed by atoms with van der Waals surface area (Å²) in [6.07, 6.45) is 0. The van der Waals surface area contributed by atoms with Gasteiger partial charge >= 0.3 is 0 Å². The second kappa shape index (κ2) is 9.40. The van der Waals surface area contributed by atoms with Crippen LogP contribution in [0, 0.1) is 0 Å². The first-order valence-corrected chi connectivity index (χ1v) is 9.32. The van der Waals surface area contributed by atoms with E-state index < -0.39 is 0 Å². The van der Waals surface area contributed by atoms with Crippen molar-refractivity contribution in [1.82, 2.24) is 5.32 Å². The zero-order valence-electron chi connectivity index (χ0n) is 14.9. The van der Waals surface area contributed by atoms with Crippen LogP contribution in [-0.2, 0) is 13.2 Å². The third-order valence-corrected chi connectivity index (χ3v) is 4.64. The lowest BCUT2D eigenvalue weighted by molar-refractivity contribution is 0.305. The molecule has 0 aliphatic rings. The van der Waals surface area contributed by atoms with Crippen LogP contribution >= 0.6 is 23.8 Å². The molecule has 27 heavy (non-hydrogen) atoms. The predicted molar refractivity (Wildman–Crippen MR) is 114 cm³/mol. The van der Waals surface area contributed by atoms with Crippen molar-refractivity contribution < 1.29 is 9.47 Å². The van der Waals surface area contributed by atoms with E-state index in [1.165, 1.54) is 0 Å². The van der Waals surface area contributed by atoms with E-state index in [1.54, 1.807) is 7.11 Å². The van der Waals surface area contributed by atoms with Crippen LogP contribution in [0.3, 0.4) is 0 Å². The Labute approximate surface area is 169 Å². The number of rotatable bonds is 7. The van der Waals surface area contributed by atoms with E-state index in [1.807, 2.05) is 72.8 Å². The summed E-state index contributed by atoms with van der Waals surface area (Å²) in [4.78, 5) is 0.643. The minimum Gasteiger partial charge on any atom is -0.497 e.